The third-order valence-corrected chi connectivity index (χ3v) is 2.96. The van der Waals surface area contributed by atoms with E-state index < -0.39 is 5.97 Å². The average molecular weight is 184 g/mol. The van der Waals surface area contributed by atoms with Crippen molar-refractivity contribution in [1.82, 2.24) is 9.80 Å². The van der Waals surface area contributed by atoms with Crippen molar-refractivity contribution in [3.05, 3.63) is 0 Å². The van der Waals surface area contributed by atoms with Crippen molar-refractivity contribution in [3.8, 4) is 0 Å². The molecule has 0 radical (unpaired) electrons. The molecule has 0 amide bonds. The van der Waals surface area contributed by atoms with Gasteiger partial charge in [-0.25, -0.2) is 0 Å². The zero-order valence-corrected chi connectivity index (χ0v) is 7.94. The number of carbonyl (C=O) groups is 1. The second-order valence-electron chi connectivity index (χ2n) is 4.34. The molecule has 2 rings (SSSR count). The molecule has 0 bridgehead atoms. The van der Waals surface area contributed by atoms with Gasteiger partial charge in [0.2, 0.25) is 0 Å². The van der Waals surface area contributed by atoms with E-state index in [0.29, 0.717) is 0 Å². The highest BCUT2D eigenvalue weighted by molar-refractivity contribution is 5.71. The molecule has 0 unspecified atom stereocenters. The van der Waals surface area contributed by atoms with Crippen molar-refractivity contribution in [2.45, 2.75) is 0 Å². The highest BCUT2D eigenvalue weighted by atomic mass is 16.4. The van der Waals surface area contributed by atoms with Crippen LogP contribution in [-0.4, -0.2) is 60.6 Å². The van der Waals surface area contributed by atoms with E-state index in [1.165, 1.54) is 13.1 Å². The van der Waals surface area contributed by atoms with Gasteiger partial charge in [-0.1, -0.05) is 0 Å². The summed E-state index contributed by atoms with van der Waals surface area (Å²) in [4.78, 5) is 15.1. The smallest absolute Gasteiger partial charge is 0.309 e. The van der Waals surface area contributed by atoms with Crippen molar-refractivity contribution in [2.24, 2.45) is 11.8 Å². The topological polar surface area (TPSA) is 43.8 Å². The standard InChI is InChI=1S/C9H16N2O2/c1-10-2-7(3-10)4-11-5-8(6-11)9(12)13/h7-8H,2-6H2,1H3,(H,12,13). The average Bonchev–Trinajstić information content (AvgIpc) is 1.90. The van der Waals surface area contributed by atoms with Crippen LogP contribution in [-0.2, 0) is 4.79 Å². The fraction of sp³-hybridized carbons (Fsp3) is 0.889. The van der Waals surface area contributed by atoms with E-state index in [4.69, 9.17) is 5.11 Å². The Hall–Kier alpha value is -0.610. The zero-order valence-electron chi connectivity index (χ0n) is 7.94. The monoisotopic (exact) mass is 184 g/mol. The Morgan fingerprint density at radius 1 is 1.38 bits per heavy atom. The van der Waals surface area contributed by atoms with Crippen LogP contribution in [0.15, 0.2) is 0 Å². The van der Waals surface area contributed by atoms with Gasteiger partial charge in [-0.05, 0) is 13.0 Å². The molecule has 74 valence electrons. The van der Waals surface area contributed by atoms with Gasteiger partial charge in [0.05, 0.1) is 5.92 Å². The first-order chi connectivity index (χ1) is 6.15. The molecule has 0 aromatic heterocycles. The fourth-order valence-electron chi connectivity index (χ4n) is 2.18. The van der Waals surface area contributed by atoms with E-state index in [1.807, 2.05) is 0 Å². The Balaban J connectivity index is 1.62. The van der Waals surface area contributed by atoms with Gasteiger partial charge in [0, 0.05) is 32.7 Å². The Labute approximate surface area is 78.1 Å². The SMILES string of the molecule is CN1CC(CN2CC(C(=O)O)C2)C1. The minimum absolute atomic E-state index is 0.0993. The van der Waals surface area contributed by atoms with Crippen LogP contribution in [0.5, 0.6) is 0 Å². The molecular weight excluding hydrogens is 168 g/mol. The van der Waals surface area contributed by atoms with Crippen molar-refractivity contribution >= 4 is 5.97 Å². The number of likely N-dealkylation sites (tertiary alicyclic amines) is 2. The van der Waals surface area contributed by atoms with E-state index >= 15 is 0 Å². The van der Waals surface area contributed by atoms with Crippen molar-refractivity contribution in [2.75, 3.05) is 39.8 Å². The molecular formula is C9H16N2O2. The van der Waals surface area contributed by atoms with Gasteiger partial charge in [0.25, 0.3) is 0 Å². The molecule has 4 nitrogen and oxygen atoms in total. The number of nitrogens with zero attached hydrogens (tertiary/aromatic N) is 2. The number of hydrogen-bond donors (Lipinski definition) is 1. The molecule has 1 N–H and O–H groups in total. The minimum atomic E-state index is -0.637. The molecule has 0 aromatic rings. The first-order valence-electron chi connectivity index (χ1n) is 4.79. The molecule has 0 saturated carbocycles. The van der Waals surface area contributed by atoms with Gasteiger partial charge in [0.15, 0.2) is 0 Å². The van der Waals surface area contributed by atoms with Crippen LogP contribution in [0, 0.1) is 11.8 Å². The summed E-state index contributed by atoms with van der Waals surface area (Å²) in [7, 11) is 2.12. The summed E-state index contributed by atoms with van der Waals surface area (Å²) in [5.41, 5.74) is 0. The number of carboxylic acids is 1. The van der Waals surface area contributed by atoms with E-state index in [1.54, 1.807) is 0 Å². The molecule has 2 saturated heterocycles. The van der Waals surface area contributed by atoms with Crippen LogP contribution in [0.4, 0.5) is 0 Å². The third-order valence-electron chi connectivity index (χ3n) is 2.96. The van der Waals surface area contributed by atoms with Crippen molar-refractivity contribution in [3.63, 3.8) is 0 Å². The third kappa shape index (κ3) is 1.84. The molecule has 0 aromatic carbocycles. The van der Waals surface area contributed by atoms with Crippen LogP contribution in [0.25, 0.3) is 0 Å². The van der Waals surface area contributed by atoms with Gasteiger partial charge in [-0.2, -0.15) is 0 Å². The maximum Gasteiger partial charge on any atom is 0.309 e. The molecule has 2 heterocycles. The molecule has 2 fully saturated rings. The lowest BCUT2D eigenvalue weighted by Gasteiger charge is -2.44. The summed E-state index contributed by atoms with van der Waals surface area (Å²) in [5.74, 6) is 0.0412. The number of carboxylic acid groups (broad SMARTS) is 1. The molecule has 0 aliphatic carbocycles. The number of rotatable bonds is 3. The lowest BCUT2D eigenvalue weighted by Crippen LogP contribution is -2.56. The predicted octanol–water partition coefficient (Wildman–Crippen LogP) is -0.436. The van der Waals surface area contributed by atoms with Crippen LogP contribution >= 0.6 is 0 Å². The number of hydrogen-bond acceptors (Lipinski definition) is 3. The van der Waals surface area contributed by atoms with E-state index in [9.17, 15) is 4.79 Å². The maximum absolute atomic E-state index is 10.5. The summed E-state index contributed by atoms with van der Waals surface area (Å²) >= 11 is 0. The van der Waals surface area contributed by atoms with Crippen LogP contribution in [0.3, 0.4) is 0 Å². The molecule has 13 heavy (non-hydrogen) atoms. The summed E-state index contributed by atoms with van der Waals surface area (Å²) < 4.78 is 0. The second kappa shape index (κ2) is 3.27. The summed E-state index contributed by atoms with van der Waals surface area (Å²) in [6, 6.07) is 0. The normalized spacial score (nSPS) is 26.8. The Bertz CT molecular complexity index is 208. The van der Waals surface area contributed by atoms with Crippen LogP contribution < -0.4 is 0 Å². The van der Waals surface area contributed by atoms with E-state index in [-0.39, 0.29) is 5.92 Å². The summed E-state index contributed by atoms with van der Waals surface area (Å²) in [5, 5.41) is 8.66. The highest BCUT2D eigenvalue weighted by Gasteiger charge is 2.35. The van der Waals surface area contributed by atoms with E-state index in [2.05, 4.69) is 16.8 Å². The molecule has 4 heteroatoms. The van der Waals surface area contributed by atoms with Gasteiger partial charge in [0.1, 0.15) is 0 Å². The molecule has 2 aliphatic heterocycles. The first-order valence-corrected chi connectivity index (χ1v) is 4.79. The fourth-order valence-corrected chi connectivity index (χ4v) is 2.18. The summed E-state index contributed by atoms with van der Waals surface area (Å²) in [6.07, 6.45) is 0. The Morgan fingerprint density at radius 3 is 2.46 bits per heavy atom. The van der Waals surface area contributed by atoms with E-state index in [0.717, 1.165) is 25.6 Å². The number of aliphatic carboxylic acids is 1. The van der Waals surface area contributed by atoms with Gasteiger partial charge >= 0.3 is 5.97 Å². The quantitative estimate of drug-likeness (QED) is 0.646. The second-order valence-corrected chi connectivity index (χ2v) is 4.34. The highest BCUT2D eigenvalue weighted by Crippen LogP contribution is 2.21. The molecule has 2 aliphatic rings. The van der Waals surface area contributed by atoms with Gasteiger partial charge < -0.3 is 14.9 Å². The van der Waals surface area contributed by atoms with Gasteiger partial charge in [-0.15, -0.1) is 0 Å². The largest absolute Gasteiger partial charge is 0.481 e. The van der Waals surface area contributed by atoms with Gasteiger partial charge in [-0.3, -0.25) is 4.79 Å². The predicted molar refractivity (Wildman–Crippen MR) is 48.6 cm³/mol. The van der Waals surface area contributed by atoms with Crippen LogP contribution in [0.1, 0.15) is 0 Å². The Morgan fingerprint density at radius 2 is 2.00 bits per heavy atom. The van der Waals surface area contributed by atoms with Crippen LogP contribution in [0.2, 0.25) is 0 Å². The lowest BCUT2D eigenvalue weighted by atomic mass is 9.95. The lowest BCUT2D eigenvalue weighted by molar-refractivity contribution is -0.148. The first kappa shape index (κ1) is 8.97. The zero-order chi connectivity index (χ0) is 9.42. The van der Waals surface area contributed by atoms with Crippen molar-refractivity contribution < 1.29 is 9.90 Å². The minimum Gasteiger partial charge on any atom is -0.481 e. The Kier molecular flexibility index (Phi) is 2.26. The molecule has 0 atom stereocenters. The maximum atomic E-state index is 10.5. The molecule has 0 spiro atoms. The van der Waals surface area contributed by atoms with Crippen molar-refractivity contribution in [1.29, 1.82) is 0 Å². The summed E-state index contributed by atoms with van der Waals surface area (Å²) in [6.45, 7) is 4.96.